The summed E-state index contributed by atoms with van der Waals surface area (Å²) in [6, 6.07) is 6.16. The molecule has 0 unspecified atom stereocenters. The molecule has 0 spiro atoms. The van der Waals surface area contributed by atoms with Gasteiger partial charge in [-0.15, -0.1) is 8.78 Å². The fraction of sp³-hybridized carbons (Fsp3) is 0.562. The van der Waals surface area contributed by atoms with Gasteiger partial charge in [0.2, 0.25) is 5.91 Å². The summed E-state index contributed by atoms with van der Waals surface area (Å²) in [4.78, 5) is 27.5. The van der Waals surface area contributed by atoms with Crippen molar-refractivity contribution in [2.24, 2.45) is 5.92 Å². The van der Waals surface area contributed by atoms with Crippen molar-refractivity contribution in [3.05, 3.63) is 41.5 Å². The van der Waals surface area contributed by atoms with Gasteiger partial charge in [0.25, 0.3) is 0 Å². The van der Waals surface area contributed by atoms with Gasteiger partial charge >= 0.3 is 19.0 Å². The Balaban J connectivity index is 1.23. The van der Waals surface area contributed by atoms with E-state index in [9.17, 15) is 32.3 Å². The van der Waals surface area contributed by atoms with Crippen LogP contribution in [0.1, 0.15) is 77.0 Å². The third kappa shape index (κ3) is 5.93. The highest BCUT2D eigenvalue weighted by molar-refractivity contribution is 5.90. The lowest BCUT2D eigenvalue weighted by Crippen LogP contribution is -2.53. The van der Waals surface area contributed by atoms with E-state index in [1.165, 1.54) is 29.2 Å². The molecule has 14 heteroatoms. The third-order valence-electron chi connectivity index (χ3n) is 9.31. The van der Waals surface area contributed by atoms with Crippen LogP contribution in [0.15, 0.2) is 30.3 Å². The van der Waals surface area contributed by atoms with Crippen LogP contribution >= 0.6 is 0 Å². The Hall–Kier alpha value is -4.10. The molecule has 4 aliphatic rings. The van der Waals surface area contributed by atoms with Crippen LogP contribution in [-0.4, -0.2) is 59.2 Å². The van der Waals surface area contributed by atoms with Gasteiger partial charge in [0, 0.05) is 41.3 Å². The van der Waals surface area contributed by atoms with Gasteiger partial charge in [-0.1, -0.05) is 0 Å². The highest BCUT2D eigenvalue weighted by Gasteiger charge is 2.50. The molecule has 2 amide bonds. The molecular formula is C32H36F4N2O8. The first-order chi connectivity index (χ1) is 21.5. The standard InChI is InChI=1S/C32H36F4N2O8/c1-30(2,3)38(29(40)41)17-7-5-16(6-8-17)22-13-21(19-10-9-18(43-28(33)34)11-23(19)44-22)37-27(39)31(4)15-42-24-14-26-25(12-20(24)31)45-32(35,36)46-26/h9-12,14,16-17,21-22,28H,5-8,13,15H2,1-4H3,(H,37,39)(H,40,41)/t16-,17-,21-,22-,31+/m1/s1. The first kappa shape index (κ1) is 31.9. The number of carbonyl (C=O) groups excluding carboxylic acids is 1. The van der Waals surface area contributed by atoms with Crippen LogP contribution in [0, 0.1) is 5.92 Å². The SMILES string of the molecule is CC(C)(C)N(C(=O)O)[C@H]1CC[C@H]([C@H]2C[C@@H](NC(=O)[C@@]3(C)COc4cc5c(cc43)OC(F)(F)O5)c3ccc(OC(F)F)cc3O2)CC1. The summed E-state index contributed by atoms with van der Waals surface area (Å²) >= 11 is 0. The van der Waals surface area contributed by atoms with Crippen LogP contribution in [0.25, 0.3) is 0 Å². The van der Waals surface area contributed by atoms with Gasteiger partial charge in [-0.05, 0) is 77.5 Å². The first-order valence-corrected chi connectivity index (χ1v) is 15.2. The highest BCUT2D eigenvalue weighted by atomic mass is 19.3. The van der Waals surface area contributed by atoms with Gasteiger partial charge in [0.1, 0.15) is 35.4 Å². The number of benzene rings is 2. The molecule has 2 aromatic carbocycles. The quantitative estimate of drug-likeness (QED) is 0.336. The average molecular weight is 653 g/mol. The predicted octanol–water partition coefficient (Wildman–Crippen LogP) is 6.61. The Bertz CT molecular complexity index is 1520. The van der Waals surface area contributed by atoms with Gasteiger partial charge in [0.05, 0.1) is 6.04 Å². The van der Waals surface area contributed by atoms with E-state index < -0.39 is 48.0 Å². The van der Waals surface area contributed by atoms with Crippen LogP contribution in [-0.2, 0) is 10.2 Å². The molecule has 6 rings (SSSR count). The number of carbonyl (C=O) groups is 2. The lowest BCUT2D eigenvalue weighted by atomic mass is 9.77. The number of rotatable bonds is 6. The number of fused-ring (bicyclic) bond motifs is 3. The van der Waals surface area contributed by atoms with E-state index in [1.54, 1.807) is 13.0 Å². The molecule has 0 bridgehead atoms. The van der Waals surface area contributed by atoms with E-state index in [-0.39, 0.29) is 41.6 Å². The van der Waals surface area contributed by atoms with Crippen molar-refractivity contribution in [1.29, 1.82) is 0 Å². The Morgan fingerprint density at radius 3 is 2.33 bits per heavy atom. The maximum absolute atomic E-state index is 14.0. The number of nitrogens with one attached hydrogen (secondary N) is 1. The smallest absolute Gasteiger partial charge is 0.492 e. The van der Waals surface area contributed by atoms with Crippen LogP contribution in [0.2, 0.25) is 0 Å². The molecule has 46 heavy (non-hydrogen) atoms. The normalized spacial score (nSPS) is 27.6. The molecule has 2 aromatic rings. The number of halogens is 4. The van der Waals surface area contributed by atoms with E-state index in [0.717, 1.165) is 0 Å². The van der Waals surface area contributed by atoms with Crippen molar-refractivity contribution >= 4 is 12.0 Å². The summed E-state index contributed by atoms with van der Waals surface area (Å²) < 4.78 is 79.3. The highest BCUT2D eigenvalue weighted by Crippen LogP contribution is 2.50. The molecule has 3 heterocycles. The molecule has 250 valence electrons. The second-order valence-electron chi connectivity index (χ2n) is 13.5. The number of hydrogen-bond donors (Lipinski definition) is 2. The van der Waals surface area contributed by atoms with Crippen molar-refractivity contribution in [3.63, 3.8) is 0 Å². The molecule has 1 saturated carbocycles. The van der Waals surface area contributed by atoms with Gasteiger partial charge in [0.15, 0.2) is 11.5 Å². The number of alkyl halides is 4. The summed E-state index contributed by atoms with van der Waals surface area (Å²) in [7, 11) is 0. The first-order valence-electron chi connectivity index (χ1n) is 15.2. The summed E-state index contributed by atoms with van der Waals surface area (Å²) in [5.74, 6) is -0.413. The number of nitrogens with zero attached hydrogens (tertiary/aromatic N) is 1. The van der Waals surface area contributed by atoms with Crippen molar-refractivity contribution in [3.8, 4) is 28.7 Å². The second-order valence-corrected chi connectivity index (χ2v) is 13.5. The van der Waals surface area contributed by atoms with Crippen molar-refractivity contribution in [2.75, 3.05) is 6.61 Å². The lowest BCUT2D eigenvalue weighted by molar-refractivity contribution is -0.286. The minimum atomic E-state index is -3.83. The molecular weight excluding hydrogens is 616 g/mol. The molecule has 3 aliphatic heterocycles. The Kier molecular flexibility index (Phi) is 7.83. The Morgan fingerprint density at radius 1 is 1.02 bits per heavy atom. The van der Waals surface area contributed by atoms with Crippen molar-refractivity contribution < 1.29 is 55.9 Å². The Labute approximate surface area is 262 Å². The van der Waals surface area contributed by atoms with E-state index in [0.29, 0.717) is 49.0 Å². The minimum Gasteiger partial charge on any atom is -0.492 e. The fourth-order valence-electron chi connectivity index (χ4n) is 7.13. The minimum absolute atomic E-state index is 0.00613. The maximum atomic E-state index is 14.0. The predicted molar refractivity (Wildman–Crippen MR) is 154 cm³/mol. The molecule has 1 aliphatic carbocycles. The topological polar surface area (TPSA) is 116 Å². The summed E-state index contributed by atoms with van der Waals surface area (Å²) in [5, 5.41) is 13.0. The van der Waals surface area contributed by atoms with Crippen LogP contribution in [0.3, 0.4) is 0 Å². The number of ether oxygens (including phenoxy) is 5. The van der Waals surface area contributed by atoms with Crippen LogP contribution < -0.4 is 29.0 Å². The average Bonchev–Trinajstić information content (AvgIpc) is 3.44. The second kappa shape index (κ2) is 11.3. The van der Waals surface area contributed by atoms with Crippen LogP contribution in [0.4, 0.5) is 22.4 Å². The van der Waals surface area contributed by atoms with E-state index in [4.69, 9.17) is 9.47 Å². The number of amides is 2. The third-order valence-corrected chi connectivity index (χ3v) is 9.31. The lowest BCUT2D eigenvalue weighted by Gasteiger charge is -2.45. The zero-order chi connectivity index (χ0) is 33.2. The molecule has 3 atom stereocenters. The van der Waals surface area contributed by atoms with E-state index >= 15 is 0 Å². The number of hydrogen-bond acceptors (Lipinski definition) is 7. The summed E-state index contributed by atoms with van der Waals surface area (Å²) in [5.41, 5.74) is -0.921. The molecule has 0 radical (unpaired) electrons. The number of carboxylic acid groups (broad SMARTS) is 1. The zero-order valence-electron chi connectivity index (χ0n) is 25.8. The molecule has 1 fully saturated rings. The molecule has 10 nitrogen and oxygen atoms in total. The van der Waals surface area contributed by atoms with E-state index in [2.05, 4.69) is 19.5 Å². The van der Waals surface area contributed by atoms with Gasteiger partial charge in [-0.25, -0.2) is 4.79 Å². The Morgan fingerprint density at radius 2 is 1.70 bits per heavy atom. The van der Waals surface area contributed by atoms with Crippen molar-refractivity contribution in [2.45, 2.75) is 102 Å². The monoisotopic (exact) mass is 652 g/mol. The molecule has 2 N–H and O–H groups in total. The van der Waals surface area contributed by atoms with Crippen LogP contribution in [0.5, 0.6) is 28.7 Å². The summed E-state index contributed by atoms with van der Waals surface area (Å²) in [6.07, 6.45) is -2.29. The molecule has 0 saturated heterocycles. The maximum Gasteiger partial charge on any atom is 0.586 e. The van der Waals surface area contributed by atoms with E-state index in [1.807, 2.05) is 20.8 Å². The fourth-order valence-corrected chi connectivity index (χ4v) is 7.13. The summed E-state index contributed by atoms with van der Waals surface area (Å²) in [6.45, 7) is 4.11. The molecule has 0 aromatic heterocycles. The van der Waals surface area contributed by atoms with Crippen molar-refractivity contribution in [1.82, 2.24) is 10.2 Å². The van der Waals surface area contributed by atoms with Gasteiger partial charge < -0.3 is 39.0 Å². The zero-order valence-corrected chi connectivity index (χ0v) is 25.8. The van der Waals surface area contributed by atoms with Gasteiger partial charge in [-0.3, -0.25) is 4.79 Å². The largest absolute Gasteiger partial charge is 0.586 e. The van der Waals surface area contributed by atoms with Gasteiger partial charge in [-0.2, -0.15) is 8.78 Å².